The maximum Gasteiger partial charge on any atom is 0.246 e. The van der Waals surface area contributed by atoms with E-state index in [-0.39, 0.29) is 12.3 Å². The number of anilines is 1. The van der Waals surface area contributed by atoms with Gasteiger partial charge in [0.25, 0.3) is 0 Å². The summed E-state index contributed by atoms with van der Waals surface area (Å²) in [6.07, 6.45) is 1.82. The van der Waals surface area contributed by atoms with Crippen LogP contribution in [-0.2, 0) is 11.2 Å². The molecule has 0 spiro atoms. The molecule has 3 rings (SSSR count). The SMILES string of the molecule is Cc1[nH]c2ccccc2c1C=NNC(=O)Cc1csc(N)n1. The van der Waals surface area contributed by atoms with E-state index in [2.05, 4.69) is 20.5 Å². The lowest BCUT2D eigenvalue weighted by atomic mass is 10.1. The highest BCUT2D eigenvalue weighted by Crippen LogP contribution is 2.19. The Morgan fingerprint density at radius 1 is 1.50 bits per heavy atom. The maximum absolute atomic E-state index is 11.8. The smallest absolute Gasteiger partial charge is 0.246 e. The molecule has 7 heteroatoms. The molecule has 0 aliphatic carbocycles. The largest absolute Gasteiger partial charge is 0.375 e. The third kappa shape index (κ3) is 2.99. The van der Waals surface area contributed by atoms with E-state index in [0.717, 1.165) is 22.2 Å². The number of para-hydroxylation sites is 1. The minimum atomic E-state index is -0.223. The van der Waals surface area contributed by atoms with E-state index in [1.165, 1.54) is 11.3 Å². The monoisotopic (exact) mass is 313 g/mol. The van der Waals surface area contributed by atoms with Gasteiger partial charge in [-0.25, -0.2) is 10.4 Å². The number of H-pyrrole nitrogens is 1. The molecule has 1 aromatic carbocycles. The van der Waals surface area contributed by atoms with Crippen LogP contribution >= 0.6 is 11.3 Å². The summed E-state index contributed by atoms with van der Waals surface area (Å²) in [4.78, 5) is 19.1. The number of nitrogens with one attached hydrogen (secondary N) is 2. The zero-order valence-corrected chi connectivity index (χ0v) is 12.8. The Labute approximate surface area is 131 Å². The number of hydrogen-bond donors (Lipinski definition) is 3. The van der Waals surface area contributed by atoms with Gasteiger partial charge in [-0.3, -0.25) is 4.79 Å². The number of carbonyl (C=O) groups excluding carboxylic acids is 1. The number of fused-ring (bicyclic) bond motifs is 1. The van der Waals surface area contributed by atoms with E-state index in [9.17, 15) is 4.79 Å². The average Bonchev–Trinajstić information content (AvgIpc) is 3.03. The van der Waals surface area contributed by atoms with E-state index in [1.807, 2.05) is 31.2 Å². The number of nitrogens with two attached hydrogens (primary N) is 1. The summed E-state index contributed by atoms with van der Waals surface area (Å²) in [7, 11) is 0. The number of thiazole rings is 1. The van der Waals surface area contributed by atoms with Gasteiger partial charge in [-0.1, -0.05) is 18.2 Å². The number of aromatic amines is 1. The zero-order valence-electron chi connectivity index (χ0n) is 12.0. The fourth-order valence-electron chi connectivity index (χ4n) is 2.24. The first-order valence-corrected chi connectivity index (χ1v) is 7.60. The molecular weight excluding hydrogens is 298 g/mol. The Bertz CT molecular complexity index is 849. The average molecular weight is 313 g/mol. The molecule has 0 saturated heterocycles. The lowest BCUT2D eigenvalue weighted by molar-refractivity contribution is -0.120. The molecule has 6 nitrogen and oxygen atoms in total. The minimum absolute atomic E-state index is 0.165. The van der Waals surface area contributed by atoms with Crippen LogP contribution in [-0.4, -0.2) is 22.1 Å². The molecule has 0 aliphatic rings. The number of hydrazone groups is 1. The summed E-state index contributed by atoms with van der Waals surface area (Å²) in [5, 5.41) is 7.33. The lowest BCUT2D eigenvalue weighted by Crippen LogP contribution is -2.20. The van der Waals surface area contributed by atoms with Gasteiger partial charge >= 0.3 is 0 Å². The molecule has 0 radical (unpaired) electrons. The Morgan fingerprint density at radius 3 is 3.09 bits per heavy atom. The van der Waals surface area contributed by atoms with Gasteiger partial charge in [0.1, 0.15) is 0 Å². The summed E-state index contributed by atoms with van der Waals surface area (Å²) in [6.45, 7) is 1.97. The van der Waals surface area contributed by atoms with Crippen LogP contribution in [0.25, 0.3) is 10.9 Å². The molecule has 1 amide bonds. The normalized spacial score (nSPS) is 11.3. The molecule has 112 valence electrons. The van der Waals surface area contributed by atoms with Gasteiger partial charge in [-0.05, 0) is 13.0 Å². The summed E-state index contributed by atoms with van der Waals surface area (Å²) < 4.78 is 0. The molecule has 4 N–H and O–H groups in total. The standard InChI is InChI=1S/C15H15N5OS/c1-9-12(11-4-2-3-5-13(11)18-9)7-17-20-14(21)6-10-8-22-15(16)19-10/h2-5,7-8,18H,6H2,1H3,(H2,16,19)(H,20,21). The van der Waals surface area contributed by atoms with Crippen molar-refractivity contribution in [2.75, 3.05) is 5.73 Å². The van der Waals surface area contributed by atoms with Crippen molar-refractivity contribution in [3.05, 3.63) is 46.6 Å². The Morgan fingerprint density at radius 2 is 2.32 bits per heavy atom. The highest BCUT2D eigenvalue weighted by Gasteiger charge is 2.07. The van der Waals surface area contributed by atoms with Crippen LogP contribution in [0.5, 0.6) is 0 Å². The molecule has 0 saturated carbocycles. The van der Waals surface area contributed by atoms with Gasteiger partial charge in [-0.15, -0.1) is 11.3 Å². The van der Waals surface area contributed by atoms with Crippen molar-refractivity contribution in [1.82, 2.24) is 15.4 Å². The number of aryl methyl sites for hydroxylation is 1. The van der Waals surface area contributed by atoms with Crippen molar-refractivity contribution in [2.24, 2.45) is 5.10 Å². The van der Waals surface area contributed by atoms with Gasteiger partial charge in [-0.2, -0.15) is 5.10 Å². The van der Waals surface area contributed by atoms with Gasteiger partial charge < -0.3 is 10.7 Å². The van der Waals surface area contributed by atoms with Crippen LogP contribution < -0.4 is 11.2 Å². The van der Waals surface area contributed by atoms with Crippen molar-refractivity contribution in [1.29, 1.82) is 0 Å². The number of rotatable bonds is 4. The second-order valence-electron chi connectivity index (χ2n) is 4.86. The molecule has 2 heterocycles. The van der Waals surface area contributed by atoms with Crippen molar-refractivity contribution in [3.63, 3.8) is 0 Å². The predicted molar refractivity (Wildman–Crippen MR) is 89.0 cm³/mol. The third-order valence-corrected chi connectivity index (χ3v) is 3.96. The van der Waals surface area contributed by atoms with Crippen LogP contribution in [0.3, 0.4) is 0 Å². The molecule has 22 heavy (non-hydrogen) atoms. The van der Waals surface area contributed by atoms with Crippen LogP contribution in [0.1, 0.15) is 17.0 Å². The third-order valence-electron chi connectivity index (χ3n) is 3.24. The minimum Gasteiger partial charge on any atom is -0.375 e. The van der Waals surface area contributed by atoms with Crippen LogP contribution in [0.2, 0.25) is 0 Å². The fraction of sp³-hybridized carbons (Fsp3) is 0.133. The van der Waals surface area contributed by atoms with E-state index in [4.69, 9.17) is 5.73 Å². The number of nitrogen functional groups attached to an aromatic ring is 1. The second-order valence-corrected chi connectivity index (χ2v) is 5.75. The Kier molecular flexibility index (Phi) is 3.88. The van der Waals surface area contributed by atoms with Crippen molar-refractivity contribution in [2.45, 2.75) is 13.3 Å². The molecule has 0 fully saturated rings. The first-order chi connectivity index (χ1) is 10.6. The van der Waals surface area contributed by atoms with E-state index >= 15 is 0 Å². The van der Waals surface area contributed by atoms with Gasteiger partial charge in [0.15, 0.2) is 5.13 Å². The number of amides is 1. The number of aromatic nitrogens is 2. The fourth-order valence-corrected chi connectivity index (χ4v) is 2.80. The highest BCUT2D eigenvalue weighted by molar-refractivity contribution is 7.13. The molecule has 3 aromatic rings. The predicted octanol–water partition coefficient (Wildman–Crippen LogP) is 2.21. The molecule has 0 atom stereocenters. The number of carbonyl (C=O) groups is 1. The Hall–Kier alpha value is -2.67. The Balaban J connectivity index is 1.68. The first kappa shape index (κ1) is 14.3. The first-order valence-electron chi connectivity index (χ1n) is 6.72. The zero-order chi connectivity index (χ0) is 15.5. The number of nitrogens with zero attached hydrogens (tertiary/aromatic N) is 2. The molecule has 2 aromatic heterocycles. The van der Waals surface area contributed by atoms with E-state index in [1.54, 1.807) is 11.6 Å². The summed E-state index contributed by atoms with van der Waals surface area (Å²) in [5.41, 5.74) is 11.7. The topological polar surface area (TPSA) is 96.2 Å². The summed E-state index contributed by atoms with van der Waals surface area (Å²) in [6, 6.07) is 7.96. The molecule has 0 aliphatic heterocycles. The van der Waals surface area contributed by atoms with Crippen molar-refractivity contribution in [3.8, 4) is 0 Å². The van der Waals surface area contributed by atoms with Gasteiger partial charge in [0, 0.05) is 27.5 Å². The molecular formula is C15H15N5OS. The van der Waals surface area contributed by atoms with Gasteiger partial charge in [0.05, 0.1) is 18.3 Å². The quantitative estimate of drug-likeness (QED) is 0.509. The summed E-state index contributed by atoms with van der Waals surface area (Å²) in [5.74, 6) is -0.223. The van der Waals surface area contributed by atoms with Crippen LogP contribution in [0, 0.1) is 6.92 Å². The second kappa shape index (κ2) is 5.98. The molecule has 0 unspecified atom stereocenters. The number of hydrogen-bond acceptors (Lipinski definition) is 5. The van der Waals surface area contributed by atoms with Crippen molar-refractivity contribution >= 4 is 39.5 Å². The van der Waals surface area contributed by atoms with Crippen LogP contribution in [0.15, 0.2) is 34.7 Å². The molecule has 0 bridgehead atoms. The lowest BCUT2D eigenvalue weighted by Gasteiger charge is -1.97. The van der Waals surface area contributed by atoms with E-state index < -0.39 is 0 Å². The number of benzene rings is 1. The maximum atomic E-state index is 11.8. The van der Waals surface area contributed by atoms with Gasteiger partial charge in [0.2, 0.25) is 5.91 Å². The van der Waals surface area contributed by atoms with E-state index in [0.29, 0.717) is 10.8 Å². The van der Waals surface area contributed by atoms with Crippen LogP contribution in [0.4, 0.5) is 5.13 Å². The summed E-state index contributed by atoms with van der Waals surface area (Å²) >= 11 is 1.32. The van der Waals surface area contributed by atoms with Crippen molar-refractivity contribution < 1.29 is 4.79 Å². The highest BCUT2D eigenvalue weighted by atomic mass is 32.1.